The standard InChI is InChI=1S/C82H160O17P2/c1-7-9-11-13-15-17-19-21-23-25-26-27-28-29-30-32-34-36-41-47-54-60-66-81(86)98-77(70-92-79(84)64-58-52-46-40-35-33-31-24-22-20-18-16-14-12-10-8-2)72-96-100(88,89)94-68-76(83)69-95-101(90,91)97-73-78(71-93-80(85)65-59-53-49-43-45-51-57-63-75(5)6)99-82(87)67-61-55-48-42-38-37-39-44-50-56-62-74(3)4/h74-78,83H,7-73H2,1-6H3,(H,88,89)(H,90,91)/t76-,77-,78-/m1/s1. The fraction of sp³-hybridized carbons (Fsp3) is 0.951. The van der Waals surface area contributed by atoms with Crippen LogP contribution in [0.3, 0.4) is 0 Å². The van der Waals surface area contributed by atoms with Crippen molar-refractivity contribution in [2.75, 3.05) is 39.6 Å². The quantitative estimate of drug-likeness (QED) is 0.0222. The van der Waals surface area contributed by atoms with Gasteiger partial charge in [-0.2, -0.15) is 0 Å². The Morgan fingerprint density at radius 1 is 0.267 bits per heavy atom. The molecular formula is C82H160O17P2. The molecule has 0 aromatic heterocycles. The van der Waals surface area contributed by atoms with Crippen LogP contribution in [0.2, 0.25) is 0 Å². The molecule has 3 N–H and O–H groups in total. The molecule has 0 fully saturated rings. The van der Waals surface area contributed by atoms with E-state index in [1.54, 1.807) is 0 Å². The maximum atomic E-state index is 13.1. The maximum Gasteiger partial charge on any atom is 0.472 e. The Hall–Kier alpha value is -1.94. The molecule has 0 aliphatic rings. The van der Waals surface area contributed by atoms with Crippen LogP contribution in [0.25, 0.3) is 0 Å². The van der Waals surface area contributed by atoms with Gasteiger partial charge in [0.2, 0.25) is 0 Å². The first kappa shape index (κ1) is 99.1. The van der Waals surface area contributed by atoms with E-state index < -0.39 is 97.5 Å². The number of hydrogen-bond donors (Lipinski definition) is 3. The van der Waals surface area contributed by atoms with Crippen molar-refractivity contribution in [3.8, 4) is 0 Å². The van der Waals surface area contributed by atoms with Crippen molar-refractivity contribution in [2.24, 2.45) is 11.8 Å². The van der Waals surface area contributed by atoms with E-state index in [4.69, 9.17) is 37.0 Å². The minimum atomic E-state index is -4.96. The number of unbranched alkanes of at least 4 members (excludes halogenated alkanes) is 51. The molecule has 2 unspecified atom stereocenters. The normalized spacial score (nSPS) is 13.9. The first-order chi connectivity index (χ1) is 48.9. The molecule has 0 aromatic carbocycles. The van der Waals surface area contributed by atoms with E-state index >= 15 is 0 Å². The van der Waals surface area contributed by atoms with Crippen molar-refractivity contribution in [1.82, 2.24) is 0 Å². The third-order valence-electron chi connectivity index (χ3n) is 19.2. The van der Waals surface area contributed by atoms with Crippen LogP contribution in [0.4, 0.5) is 0 Å². The summed E-state index contributed by atoms with van der Waals surface area (Å²) in [4.78, 5) is 73.0. The predicted octanol–water partition coefficient (Wildman–Crippen LogP) is 24.7. The van der Waals surface area contributed by atoms with E-state index in [9.17, 15) is 43.2 Å². The molecule has 0 aromatic rings. The van der Waals surface area contributed by atoms with Gasteiger partial charge in [-0.3, -0.25) is 37.3 Å². The fourth-order valence-electron chi connectivity index (χ4n) is 12.7. The fourth-order valence-corrected chi connectivity index (χ4v) is 14.3. The van der Waals surface area contributed by atoms with E-state index in [2.05, 4.69) is 41.5 Å². The lowest BCUT2D eigenvalue weighted by molar-refractivity contribution is -0.161. The monoisotopic (exact) mass is 1480 g/mol. The van der Waals surface area contributed by atoms with Crippen LogP contribution in [-0.4, -0.2) is 96.7 Å². The van der Waals surface area contributed by atoms with Gasteiger partial charge in [-0.15, -0.1) is 0 Å². The van der Waals surface area contributed by atoms with E-state index in [-0.39, 0.29) is 25.7 Å². The van der Waals surface area contributed by atoms with Gasteiger partial charge in [-0.05, 0) is 37.5 Å². The molecule has 0 amide bonds. The Kier molecular flexibility index (Phi) is 72.2. The maximum absolute atomic E-state index is 13.1. The molecule has 600 valence electrons. The Morgan fingerprint density at radius 3 is 0.673 bits per heavy atom. The second-order valence-electron chi connectivity index (χ2n) is 30.5. The Labute approximate surface area is 619 Å². The number of esters is 4. The minimum Gasteiger partial charge on any atom is -0.462 e. The smallest absolute Gasteiger partial charge is 0.462 e. The van der Waals surface area contributed by atoms with Crippen molar-refractivity contribution >= 4 is 39.5 Å². The molecule has 19 heteroatoms. The van der Waals surface area contributed by atoms with Gasteiger partial charge < -0.3 is 33.8 Å². The van der Waals surface area contributed by atoms with Gasteiger partial charge in [-0.1, -0.05) is 382 Å². The zero-order valence-electron chi connectivity index (χ0n) is 66.2. The third-order valence-corrected chi connectivity index (χ3v) is 21.1. The first-order valence-corrected chi connectivity index (χ1v) is 45.5. The summed E-state index contributed by atoms with van der Waals surface area (Å²) in [6.45, 7) is 9.57. The lowest BCUT2D eigenvalue weighted by Gasteiger charge is -2.21. The number of aliphatic hydroxyl groups excluding tert-OH is 1. The summed E-state index contributed by atoms with van der Waals surface area (Å²) in [5.74, 6) is -0.653. The van der Waals surface area contributed by atoms with Gasteiger partial charge in [0.15, 0.2) is 12.2 Å². The van der Waals surface area contributed by atoms with Crippen LogP contribution in [0, 0.1) is 11.8 Å². The summed E-state index contributed by atoms with van der Waals surface area (Å²) in [6, 6.07) is 0. The second-order valence-corrected chi connectivity index (χ2v) is 33.4. The molecule has 0 heterocycles. The molecule has 0 rings (SSSR count). The summed E-state index contributed by atoms with van der Waals surface area (Å²) in [5.41, 5.74) is 0. The number of rotatable bonds is 81. The Bertz CT molecular complexity index is 1940. The van der Waals surface area contributed by atoms with Crippen molar-refractivity contribution in [1.29, 1.82) is 0 Å². The predicted molar refractivity (Wildman–Crippen MR) is 414 cm³/mol. The highest BCUT2D eigenvalue weighted by atomic mass is 31.2. The molecular weight excluding hydrogens is 1320 g/mol. The average molecular weight is 1480 g/mol. The van der Waals surface area contributed by atoms with Crippen molar-refractivity contribution in [3.63, 3.8) is 0 Å². The molecule has 0 aliphatic carbocycles. The van der Waals surface area contributed by atoms with Gasteiger partial charge in [0.1, 0.15) is 19.3 Å². The van der Waals surface area contributed by atoms with E-state index in [1.807, 2.05) is 0 Å². The number of carbonyl (C=O) groups excluding carboxylic acids is 4. The number of ether oxygens (including phenoxy) is 4. The molecule has 0 aliphatic heterocycles. The molecule has 0 saturated heterocycles. The number of hydrogen-bond acceptors (Lipinski definition) is 15. The third kappa shape index (κ3) is 76.1. The van der Waals surface area contributed by atoms with Gasteiger partial charge in [0.05, 0.1) is 26.4 Å². The molecule has 0 radical (unpaired) electrons. The highest BCUT2D eigenvalue weighted by molar-refractivity contribution is 7.47. The highest BCUT2D eigenvalue weighted by Crippen LogP contribution is 2.45. The lowest BCUT2D eigenvalue weighted by atomic mass is 10.0. The Balaban J connectivity index is 5.21. The molecule has 0 spiro atoms. The number of aliphatic hydroxyl groups is 1. The van der Waals surface area contributed by atoms with Gasteiger partial charge in [0, 0.05) is 25.7 Å². The molecule has 101 heavy (non-hydrogen) atoms. The summed E-state index contributed by atoms with van der Waals surface area (Å²) >= 11 is 0. The van der Waals surface area contributed by atoms with Gasteiger partial charge in [0.25, 0.3) is 0 Å². The van der Waals surface area contributed by atoms with Crippen LogP contribution in [0.1, 0.15) is 433 Å². The van der Waals surface area contributed by atoms with Crippen molar-refractivity contribution in [2.45, 2.75) is 452 Å². The summed E-state index contributed by atoms with van der Waals surface area (Å²) in [5, 5.41) is 10.6. The Morgan fingerprint density at radius 2 is 0.455 bits per heavy atom. The highest BCUT2D eigenvalue weighted by Gasteiger charge is 2.30. The average Bonchev–Trinajstić information content (AvgIpc) is 3.13. The molecule has 5 atom stereocenters. The van der Waals surface area contributed by atoms with Crippen molar-refractivity contribution in [3.05, 3.63) is 0 Å². The molecule has 0 saturated carbocycles. The zero-order valence-corrected chi connectivity index (χ0v) is 68.0. The van der Waals surface area contributed by atoms with Gasteiger partial charge in [-0.25, -0.2) is 9.13 Å². The van der Waals surface area contributed by atoms with Crippen molar-refractivity contribution < 1.29 is 80.2 Å². The van der Waals surface area contributed by atoms with Crippen LogP contribution in [0.15, 0.2) is 0 Å². The van der Waals surface area contributed by atoms with E-state index in [0.29, 0.717) is 31.6 Å². The molecule has 17 nitrogen and oxygen atoms in total. The number of phosphoric ester groups is 2. The van der Waals surface area contributed by atoms with Crippen LogP contribution < -0.4 is 0 Å². The topological polar surface area (TPSA) is 237 Å². The SMILES string of the molecule is CCCCCCCCCCCCCCCCCCCCCCCCC(=O)O[C@H](COC(=O)CCCCCCCCCCCCCCCCCC)COP(=O)(O)OC[C@@H](O)COP(=O)(O)OC[C@@H](COC(=O)CCCCCCCCCC(C)C)OC(=O)CCCCCCCCCCCCC(C)C. The van der Waals surface area contributed by atoms with Crippen LogP contribution in [-0.2, 0) is 65.4 Å². The lowest BCUT2D eigenvalue weighted by Crippen LogP contribution is -2.30. The number of carbonyl (C=O) groups is 4. The first-order valence-electron chi connectivity index (χ1n) is 42.5. The van der Waals surface area contributed by atoms with Crippen LogP contribution >= 0.6 is 15.6 Å². The van der Waals surface area contributed by atoms with Gasteiger partial charge >= 0.3 is 39.5 Å². The summed E-state index contributed by atoms with van der Waals surface area (Å²) in [6.07, 6.45) is 64.1. The number of phosphoric acid groups is 2. The van der Waals surface area contributed by atoms with E-state index in [1.165, 1.54) is 244 Å². The minimum absolute atomic E-state index is 0.105. The summed E-state index contributed by atoms with van der Waals surface area (Å²) in [7, 11) is -9.92. The molecule has 0 bridgehead atoms. The van der Waals surface area contributed by atoms with E-state index in [0.717, 1.165) is 102 Å². The second kappa shape index (κ2) is 73.6. The zero-order chi connectivity index (χ0) is 74.2. The largest absolute Gasteiger partial charge is 0.472 e. The van der Waals surface area contributed by atoms with Crippen LogP contribution in [0.5, 0.6) is 0 Å². The summed E-state index contributed by atoms with van der Waals surface area (Å²) < 4.78 is 68.7.